The minimum absolute atomic E-state index is 0.0543. The lowest BCUT2D eigenvalue weighted by Crippen LogP contribution is -2.37. The van der Waals surface area contributed by atoms with E-state index < -0.39 is 0 Å². The average molecular weight is 221 g/mol. The number of amides is 1. The maximum absolute atomic E-state index is 13.2. The average Bonchev–Trinajstić information content (AvgIpc) is 2.54. The molecular weight excluding hydrogens is 205 g/mol. The molecule has 1 saturated heterocycles. The SMILES string of the molecule is CCC1(c2cccc(F)c2)CC(=O)NC1C. The summed E-state index contributed by atoms with van der Waals surface area (Å²) in [6, 6.07) is 6.65. The van der Waals surface area contributed by atoms with E-state index in [1.807, 2.05) is 19.9 Å². The van der Waals surface area contributed by atoms with E-state index in [-0.39, 0.29) is 23.2 Å². The van der Waals surface area contributed by atoms with Gasteiger partial charge >= 0.3 is 0 Å². The lowest BCUT2D eigenvalue weighted by atomic mass is 9.73. The topological polar surface area (TPSA) is 29.1 Å². The first-order valence-electron chi connectivity index (χ1n) is 5.64. The summed E-state index contributed by atoms with van der Waals surface area (Å²) in [4.78, 5) is 11.5. The Labute approximate surface area is 94.9 Å². The maximum atomic E-state index is 13.2. The van der Waals surface area contributed by atoms with Crippen LogP contribution in [0.1, 0.15) is 32.3 Å². The van der Waals surface area contributed by atoms with Crippen molar-refractivity contribution >= 4 is 5.91 Å². The molecule has 1 fully saturated rings. The molecule has 1 heterocycles. The monoisotopic (exact) mass is 221 g/mol. The lowest BCUT2D eigenvalue weighted by Gasteiger charge is -2.31. The third-order valence-corrected chi connectivity index (χ3v) is 3.71. The molecule has 0 bridgehead atoms. The van der Waals surface area contributed by atoms with Crippen LogP contribution in [0.4, 0.5) is 4.39 Å². The number of rotatable bonds is 2. The van der Waals surface area contributed by atoms with E-state index in [9.17, 15) is 9.18 Å². The Kier molecular flexibility index (Phi) is 2.70. The highest BCUT2D eigenvalue weighted by molar-refractivity contribution is 5.81. The number of carbonyl (C=O) groups is 1. The molecule has 2 rings (SSSR count). The molecular formula is C13H16FNO. The van der Waals surface area contributed by atoms with E-state index in [2.05, 4.69) is 5.32 Å². The Morgan fingerprint density at radius 2 is 2.31 bits per heavy atom. The van der Waals surface area contributed by atoms with Gasteiger partial charge in [0.15, 0.2) is 0 Å². The summed E-state index contributed by atoms with van der Waals surface area (Å²) in [5.41, 5.74) is 0.667. The molecule has 0 radical (unpaired) electrons. The van der Waals surface area contributed by atoms with Gasteiger partial charge in [-0.2, -0.15) is 0 Å². The molecule has 0 saturated carbocycles. The van der Waals surface area contributed by atoms with Crippen LogP contribution >= 0.6 is 0 Å². The number of benzene rings is 1. The second-order valence-electron chi connectivity index (χ2n) is 4.49. The summed E-state index contributed by atoms with van der Waals surface area (Å²) in [7, 11) is 0. The fourth-order valence-electron chi connectivity index (χ4n) is 2.66. The molecule has 1 amide bonds. The highest BCUT2D eigenvalue weighted by atomic mass is 19.1. The van der Waals surface area contributed by atoms with Crippen molar-refractivity contribution in [3.05, 3.63) is 35.6 Å². The van der Waals surface area contributed by atoms with E-state index in [1.165, 1.54) is 6.07 Å². The van der Waals surface area contributed by atoms with E-state index in [0.29, 0.717) is 6.42 Å². The quantitative estimate of drug-likeness (QED) is 0.816. The molecule has 1 aromatic carbocycles. The summed E-state index contributed by atoms with van der Waals surface area (Å²) < 4.78 is 13.2. The normalized spacial score (nSPS) is 29.2. The zero-order valence-electron chi connectivity index (χ0n) is 9.59. The van der Waals surface area contributed by atoms with Gasteiger partial charge in [-0.1, -0.05) is 19.1 Å². The fourth-order valence-corrected chi connectivity index (χ4v) is 2.66. The van der Waals surface area contributed by atoms with E-state index >= 15 is 0 Å². The van der Waals surface area contributed by atoms with Crippen molar-refractivity contribution in [2.24, 2.45) is 0 Å². The van der Waals surface area contributed by atoms with Gasteiger partial charge in [0.2, 0.25) is 5.91 Å². The molecule has 2 nitrogen and oxygen atoms in total. The van der Waals surface area contributed by atoms with Gasteiger partial charge in [-0.15, -0.1) is 0 Å². The first-order chi connectivity index (χ1) is 7.58. The number of nitrogens with one attached hydrogen (secondary N) is 1. The van der Waals surface area contributed by atoms with Crippen LogP contribution in [0.25, 0.3) is 0 Å². The number of carbonyl (C=O) groups excluding carboxylic acids is 1. The first kappa shape index (κ1) is 11.1. The number of hydrogen-bond donors (Lipinski definition) is 1. The summed E-state index contributed by atoms with van der Waals surface area (Å²) >= 11 is 0. The number of hydrogen-bond acceptors (Lipinski definition) is 1. The molecule has 16 heavy (non-hydrogen) atoms. The third-order valence-electron chi connectivity index (χ3n) is 3.71. The Bertz CT molecular complexity index is 418. The largest absolute Gasteiger partial charge is 0.353 e. The van der Waals surface area contributed by atoms with Crippen LogP contribution in [0.5, 0.6) is 0 Å². The lowest BCUT2D eigenvalue weighted by molar-refractivity contribution is -0.119. The van der Waals surface area contributed by atoms with Crippen LogP contribution in [0.15, 0.2) is 24.3 Å². The fraction of sp³-hybridized carbons (Fsp3) is 0.462. The molecule has 1 aliphatic heterocycles. The van der Waals surface area contributed by atoms with Crippen molar-refractivity contribution in [1.29, 1.82) is 0 Å². The van der Waals surface area contributed by atoms with Gasteiger partial charge in [-0.3, -0.25) is 4.79 Å². The van der Waals surface area contributed by atoms with Crippen LogP contribution in [0.2, 0.25) is 0 Å². The molecule has 0 spiro atoms. The Hall–Kier alpha value is -1.38. The number of halogens is 1. The molecule has 1 aromatic rings. The summed E-state index contributed by atoms with van der Waals surface area (Å²) in [5, 5.41) is 2.92. The summed E-state index contributed by atoms with van der Waals surface area (Å²) in [6.45, 7) is 4.03. The molecule has 2 atom stereocenters. The summed E-state index contributed by atoms with van der Waals surface area (Å²) in [5.74, 6) is -0.185. The molecule has 0 aromatic heterocycles. The minimum Gasteiger partial charge on any atom is -0.353 e. The molecule has 86 valence electrons. The second kappa shape index (κ2) is 3.89. The van der Waals surface area contributed by atoms with E-state index in [0.717, 1.165) is 12.0 Å². The van der Waals surface area contributed by atoms with Gasteiger partial charge in [0.25, 0.3) is 0 Å². The Morgan fingerprint density at radius 1 is 1.56 bits per heavy atom. The van der Waals surface area contributed by atoms with Gasteiger partial charge < -0.3 is 5.32 Å². The predicted molar refractivity (Wildman–Crippen MR) is 60.6 cm³/mol. The van der Waals surface area contributed by atoms with Gasteiger partial charge in [0, 0.05) is 17.9 Å². The van der Waals surface area contributed by atoms with E-state index in [4.69, 9.17) is 0 Å². The predicted octanol–water partition coefficient (Wildman–Crippen LogP) is 2.38. The van der Waals surface area contributed by atoms with Gasteiger partial charge in [-0.25, -0.2) is 4.39 Å². The van der Waals surface area contributed by atoms with Crippen LogP contribution in [-0.4, -0.2) is 11.9 Å². The van der Waals surface area contributed by atoms with Crippen LogP contribution < -0.4 is 5.32 Å². The smallest absolute Gasteiger partial charge is 0.221 e. The van der Waals surface area contributed by atoms with Crippen molar-refractivity contribution in [3.63, 3.8) is 0 Å². The standard InChI is InChI=1S/C13H16FNO/c1-3-13(8-12(16)15-9(13)2)10-5-4-6-11(14)7-10/h4-7,9H,3,8H2,1-2H3,(H,15,16). The molecule has 0 aliphatic carbocycles. The Morgan fingerprint density at radius 3 is 2.81 bits per heavy atom. The minimum atomic E-state index is -0.251. The molecule has 1 N–H and O–H groups in total. The van der Waals surface area contributed by atoms with Crippen molar-refractivity contribution < 1.29 is 9.18 Å². The molecule has 3 heteroatoms. The van der Waals surface area contributed by atoms with Gasteiger partial charge in [0.1, 0.15) is 5.82 Å². The maximum Gasteiger partial charge on any atom is 0.221 e. The Balaban J connectivity index is 2.46. The zero-order chi connectivity index (χ0) is 11.8. The third kappa shape index (κ3) is 1.60. The van der Waals surface area contributed by atoms with Gasteiger partial charge in [-0.05, 0) is 31.0 Å². The van der Waals surface area contributed by atoms with Crippen LogP contribution in [-0.2, 0) is 10.2 Å². The van der Waals surface area contributed by atoms with Crippen molar-refractivity contribution in [1.82, 2.24) is 5.32 Å². The van der Waals surface area contributed by atoms with Crippen LogP contribution in [0.3, 0.4) is 0 Å². The van der Waals surface area contributed by atoms with E-state index in [1.54, 1.807) is 12.1 Å². The molecule has 1 aliphatic rings. The van der Waals surface area contributed by atoms with Crippen LogP contribution in [0, 0.1) is 5.82 Å². The molecule has 2 unspecified atom stereocenters. The van der Waals surface area contributed by atoms with Crippen molar-refractivity contribution in [3.8, 4) is 0 Å². The first-order valence-corrected chi connectivity index (χ1v) is 5.64. The second-order valence-corrected chi connectivity index (χ2v) is 4.49. The summed E-state index contributed by atoms with van der Waals surface area (Å²) in [6.07, 6.45) is 1.28. The van der Waals surface area contributed by atoms with Crippen molar-refractivity contribution in [2.75, 3.05) is 0 Å². The van der Waals surface area contributed by atoms with Crippen molar-refractivity contribution in [2.45, 2.75) is 38.1 Å². The highest BCUT2D eigenvalue weighted by Gasteiger charge is 2.44. The highest BCUT2D eigenvalue weighted by Crippen LogP contribution is 2.39. The zero-order valence-corrected chi connectivity index (χ0v) is 9.59. The van der Waals surface area contributed by atoms with Gasteiger partial charge in [0.05, 0.1) is 0 Å².